The Kier molecular flexibility index (Phi) is 9.02. The zero-order valence-corrected chi connectivity index (χ0v) is 25.9. The normalized spacial score (nSPS) is 13.3. The Hall–Kier alpha value is -3.65. The summed E-state index contributed by atoms with van der Waals surface area (Å²) in [5, 5.41) is 8.97. The number of pyridine rings is 1. The van der Waals surface area contributed by atoms with Crippen LogP contribution in [0.5, 0.6) is 0 Å². The zero-order chi connectivity index (χ0) is 30.0. The van der Waals surface area contributed by atoms with Gasteiger partial charge in [0.25, 0.3) is 11.5 Å². The van der Waals surface area contributed by atoms with Gasteiger partial charge in [-0.05, 0) is 74.2 Å². The van der Waals surface area contributed by atoms with Gasteiger partial charge in [-0.15, -0.1) is 0 Å². The lowest BCUT2D eigenvalue weighted by Crippen LogP contribution is -2.47. The number of carbonyl (C=O) groups excluding carboxylic acids is 1. The molecule has 0 bridgehead atoms. The van der Waals surface area contributed by atoms with Crippen LogP contribution < -0.4 is 10.9 Å². The second kappa shape index (κ2) is 12.7. The van der Waals surface area contributed by atoms with Gasteiger partial charge in [-0.1, -0.05) is 60.8 Å². The van der Waals surface area contributed by atoms with Crippen LogP contribution in [-0.4, -0.2) is 51.3 Å². The molecule has 1 saturated heterocycles. The van der Waals surface area contributed by atoms with Gasteiger partial charge in [0, 0.05) is 31.2 Å². The molecule has 42 heavy (non-hydrogen) atoms. The van der Waals surface area contributed by atoms with Gasteiger partial charge in [0.2, 0.25) is 0 Å². The van der Waals surface area contributed by atoms with E-state index < -0.39 is 0 Å². The quantitative estimate of drug-likeness (QED) is 0.259. The molecular formula is C33H35Cl2N5O2. The molecule has 5 rings (SSSR count). The van der Waals surface area contributed by atoms with E-state index in [9.17, 15) is 9.59 Å². The summed E-state index contributed by atoms with van der Waals surface area (Å²) in [5.41, 5.74) is 5.89. The summed E-state index contributed by atoms with van der Waals surface area (Å²) in [5.74, 6) is -0.126. The lowest BCUT2D eigenvalue weighted by molar-refractivity contribution is 0.0735. The van der Waals surface area contributed by atoms with Crippen LogP contribution in [-0.2, 0) is 12.8 Å². The number of hydrogen-bond acceptors (Lipinski definition) is 4. The van der Waals surface area contributed by atoms with Crippen LogP contribution in [0.15, 0.2) is 65.1 Å². The molecule has 1 N–H and O–H groups in total. The Morgan fingerprint density at radius 2 is 1.64 bits per heavy atom. The summed E-state index contributed by atoms with van der Waals surface area (Å²) in [6, 6.07) is 15.0. The van der Waals surface area contributed by atoms with Gasteiger partial charge in [-0.2, -0.15) is 5.10 Å². The number of hydrogen-bond donors (Lipinski definition) is 1. The van der Waals surface area contributed by atoms with E-state index in [2.05, 4.69) is 19.2 Å². The number of nitrogens with one attached hydrogen (secondary N) is 1. The van der Waals surface area contributed by atoms with E-state index in [0.29, 0.717) is 53.2 Å². The number of carbonyl (C=O) groups is 1. The molecule has 1 amide bonds. The minimum absolute atomic E-state index is 0.126. The third kappa shape index (κ3) is 5.82. The van der Waals surface area contributed by atoms with E-state index in [0.717, 1.165) is 40.9 Å². The molecule has 2 aromatic heterocycles. The SMILES string of the molecule is CCc1cccc(CC)c1-n1c(C=C(C)C)c(C(=O)N2CCNCC2)cc(-c2nn(-c3ccc(Cl)cc3)cc2Cl)c1=O. The van der Waals surface area contributed by atoms with Crippen LogP contribution in [0.2, 0.25) is 10.0 Å². The summed E-state index contributed by atoms with van der Waals surface area (Å²) in [7, 11) is 0. The number of benzene rings is 2. The van der Waals surface area contributed by atoms with Gasteiger partial charge >= 0.3 is 0 Å². The highest BCUT2D eigenvalue weighted by Gasteiger charge is 2.28. The Labute approximate surface area is 256 Å². The molecule has 9 heteroatoms. The first-order chi connectivity index (χ1) is 20.2. The molecule has 7 nitrogen and oxygen atoms in total. The predicted molar refractivity (Wildman–Crippen MR) is 171 cm³/mol. The minimum atomic E-state index is -0.279. The van der Waals surface area contributed by atoms with Crippen LogP contribution >= 0.6 is 23.2 Å². The number of amides is 1. The fourth-order valence-electron chi connectivity index (χ4n) is 5.41. The molecule has 0 atom stereocenters. The van der Waals surface area contributed by atoms with Gasteiger partial charge in [0.05, 0.1) is 39.4 Å². The maximum absolute atomic E-state index is 14.7. The Bertz CT molecular complexity index is 1690. The molecule has 1 fully saturated rings. The summed E-state index contributed by atoms with van der Waals surface area (Å²) in [4.78, 5) is 30.7. The molecule has 0 unspecified atom stereocenters. The average Bonchev–Trinajstić information content (AvgIpc) is 3.38. The van der Waals surface area contributed by atoms with E-state index in [-0.39, 0.29) is 17.0 Å². The summed E-state index contributed by atoms with van der Waals surface area (Å²) in [6.45, 7) is 10.7. The molecule has 0 saturated carbocycles. The molecule has 0 spiro atoms. The maximum atomic E-state index is 14.7. The molecule has 218 valence electrons. The molecule has 2 aromatic carbocycles. The molecule has 3 heterocycles. The van der Waals surface area contributed by atoms with Crippen molar-refractivity contribution in [2.75, 3.05) is 26.2 Å². The second-order valence-corrected chi connectivity index (χ2v) is 11.5. The zero-order valence-electron chi connectivity index (χ0n) is 24.4. The minimum Gasteiger partial charge on any atom is -0.336 e. The summed E-state index contributed by atoms with van der Waals surface area (Å²) < 4.78 is 3.34. The highest BCUT2D eigenvalue weighted by molar-refractivity contribution is 6.33. The van der Waals surface area contributed by atoms with Gasteiger partial charge in [-0.25, -0.2) is 4.68 Å². The van der Waals surface area contributed by atoms with E-state index in [4.69, 9.17) is 28.3 Å². The number of rotatable bonds is 7. The molecule has 1 aliphatic heterocycles. The standard InChI is InChI=1S/C33H35Cl2N5O2/c1-5-22-8-7-9-23(6-2)31(22)40-29(18-21(3)4)26(32(41)38-16-14-36-15-17-38)19-27(33(40)42)30-28(35)20-39(37-30)25-12-10-24(34)11-13-25/h7-13,18-20,36H,5-6,14-17H2,1-4H3. The largest absolute Gasteiger partial charge is 0.336 e. The maximum Gasteiger partial charge on any atom is 0.265 e. The van der Waals surface area contributed by atoms with Crippen molar-refractivity contribution in [1.82, 2.24) is 24.6 Å². The van der Waals surface area contributed by atoms with Crippen molar-refractivity contribution in [3.8, 4) is 22.6 Å². The predicted octanol–water partition coefficient (Wildman–Crippen LogP) is 6.59. The highest BCUT2D eigenvalue weighted by atomic mass is 35.5. The van der Waals surface area contributed by atoms with Crippen molar-refractivity contribution < 1.29 is 4.79 Å². The van der Waals surface area contributed by atoms with E-state index in [1.54, 1.807) is 33.6 Å². The van der Waals surface area contributed by atoms with E-state index in [1.807, 2.05) is 55.2 Å². The fourth-order valence-corrected chi connectivity index (χ4v) is 5.77. The smallest absolute Gasteiger partial charge is 0.265 e. The molecule has 1 aliphatic rings. The van der Waals surface area contributed by atoms with Crippen LogP contribution in [0.3, 0.4) is 0 Å². The van der Waals surface area contributed by atoms with Crippen molar-refractivity contribution in [1.29, 1.82) is 0 Å². The fraction of sp³-hybridized carbons (Fsp3) is 0.303. The average molecular weight is 605 g/mol. The van der Waals surface area contributed by atoms with Gasteiger partial charge in [-0.3, -0.25) is 14.2 Å². The van der Waals surface area contributed by atoms with Crippen molar-refractivity contribution in [3.05, 3.63) is 103 Å². The van der Waals surface area contributed by atoms with Crippen LogP contribution in [0.4, 0.5) is 0 Å². The third-order valence-electron chi connectivity index (χ3n) is 7.50. The monoisotopic (exact) mass is 603 g/mol. The van der Waals surface area contributed by atoms with Crippen molar-refractivity contribution in [2.24, 2.45) is 0 Å². The summed E-state index contributed by atoms with van der Waals surface area (Å²) in [6.07, 6.45) is 5.05. The van der Waals surface area contributed by atoms with Crippen molar-refractivity contribution in [3.63, 3.8) is 0 Å². The lowest BCUT2D eigenvalue weighted by atomic mass is 9.99. The first-order valence-electron chi connectivity index (χ1n) is 14.3. The Balaban J connectivity index is 1.85. The molecule has 0 radical (unpaired) electrons. The first-order valence-corrected chi connectivity index (χ1v) is 15.1. The number of aryl methyl sites for hydroxylation is 2. The number of halogens is 2. The Morgan fingerprint density at radius 1 is 1.00 bits per heavy atom. The van der Waals surface area contributed by atoms with E-state index >= 15 is 0 Å². The van der Waals surface area contributed by atoms with Gasteiger partial charge in [0.15, 0.2) is 0 Å². The van der Waals surface area contributed by atoms with Crippen molar-refractivity contribution in [2.45, 2.75) is 40.5 Å². The topological polar surface area (TPSA) is 72.2 Å². The Morgan fingerprint density at radius 3 is 2.24 bits per heavy atom. The van der Waals surface area contributed by atoms with Crippen LogP contribution in [0.1, 0.15) is 54.9 Å². The van der Waals surface area contributed by atoms with Crippen LogP contribution in [0.25, 0.3) is 28.7 Å². The van der Waals surface area contributed by atoms with Gasteiger partial charge < -0.3 is 10.2 Å². The highest BCUT2D eigenvalue weighted by Crippen LogP contribution is 2.31. The number of allylic oxidation sites excluding steroid dienone is 1. The molecule has 4 aromatic rings. The lowest BCUT2D eigenvalue weighted by Gasteiger charge is -2.29. The van der Waals surface area contributed by atoms with Gasteiger partial charge in [0.1, 0.15) is 5.69 Å². The third-order valence-corrected chi connectivity index (χ3v) is 8.03. The molecular weight excluding hydrogens is 569 g/mol. The number of para-hydroxylation sites is 1. The van der Waals surface area contributed by atoms with Crippen molar-refractivity contribution >= 4 is 35.2 Å². The number of aromatic nitrogens is 3. The second-order valence-electron chi connectivity index (χ2n) is 10.6. The number of piperazine rings is 1. The molecule has 0 aliphatic carbocycles. The van der Waals surface area contributed by atoms with Crippen LogP contribution in [0, 0.1) is 0 Å². The summed E-state index contributed by atoms with van der Waals surface area (Å²) >= 11 is 12.9. The number of nitrogens with zero attached hydrogens (tertiary/aromatic N) is 4. The van der Waals surface area contributed by atoms with E-state index in [1.165, 1.54) is 0 Å². The first kappa shape index (κ1) is 29.8.